The molecule has 246 valence electrons. The number of hydrogen-bond acceptors (Lipinski definition) is 1. The lowest BCUT2D eigenvalue weighted by Crippen LogP contribution is -1.97. The number of hydrogen-bond donors (Lipinski definition) is 0. The summed E-state index contributed by atoms with van der Waals surface area (Å²) in [5.41, 5.74) is 12.9. The molecule has 53 heavy (non-hydrogen) atoms. The van der Waals surface area contributed by atoms with Crippen molar-refractivity contribution in [1.29, 1.82) is 5.26 Å². The van der Waals surface area contributed by atoms with Gasteiger partial charge in [-0.3, -0.25) is 0 Å². The summed E-state index contributed by atoms with van der Waals surface area (Å²) >= 11 is 0. The molecule has 11 rings (SSSR count). The topological polar surface area (TPSA) is 38.6 Å². The number of fused-ring (bicyclic) bond motifs is 11. The van der Waals surface area contributed by atoms with E-state index in [1.807, 2.05) is 24.3 Å². The average Bonchev–Trinajstić information content (AvgIpc) is 3.87. The first-order valence-electron chi connectivity index (χ1n) is 17.9. The minimum Gasteiger partial charge on any atom is -0.309 e. The van der Waals surface area contributed by atoms with Crippen LogP contribution in [0.1, 0.15) is 5.56 Å². The van der Waals surface area contributed by atoms with Crippen molar-refractivity contribution in [2.45, 2.75) is 0 Å². The van der Waals surface area contributed by atoms with Crippen molar-refractivity contribution < 1.29 is 0 Å². The highest BCUT2D eigenvalue weighted by molar-refractivity contribution is 6.31. The molecular formula is C49H30N4. The fourth-order valence-corrected chi connectivity index (χ4v) is 8.69. The molecule has 4 heteroatoms. The van der Waals surface area contributed by atoms with E-state index < -0.39 is 0 Å². The maximum Gasteiger partial charge on any atom is 0.0998 e. The molecule has 11 aromatic rings. The van der Waals surface area contributed by atoms with E-state index in [1.54, 1.807) is 0 Å². The lowest BCUT2D eigenvalue weighted by molar-refractivity contribution is 1.17. The Labute approximate surface area is 305 Å². The highest BCUT2D eigenvalue weighted by Crippen LogP contribution is 2.46. The van der Waals surface area contributed by atoms with Crippen LogP contribution < -0.4 is 0 Å². The second-order valence-corrected chi connectivity index (χ2v) is 13.6. The molecule has 8 aromatic carbocycles. The molecule has 0 saturated carbocycles. The summed E-state index contributed by atoms with van der Waals surface area (Å²) in [6.45, 7) is 0. The van der Waals surface area contributed by atoms with Crippen LogP contribution in [0.4, 0.5) is 0 Å². The van der Waals surface area contributed by atoms with Gasteiger partial charge in [-0.25, -0.2) is 0 Å². The standard InChI is InChI=1S/C49H30N4/c50-31-33-24-25-36(30-41(33)32-14-4-1-5-15-32)52-43-23-13-11-21-40(43)47-45(52)29-27-38-37-26-28-44-46(48(37)53(49(38)47)35-18-8-3-9-19-35)39-20-10-12-22-42(39)51(44)34-16-6-2-7-17-34/h1-30H. The molecule has 0 bridgehead atoms. The Bertz CT molecular complexity index is 3270. The van der Waals surface area contributed by atoms with Crippen molar-refractivity contribution in [3.8, 4) is 34.3 Å². The van der Waals surface area contributed by atoms with Crippen molar-refractivity contribution >= 4 is 65.4 Å². The molecule has 3 heterocycles. The van der Waals surface area contributed by atoms with E-state index in [4.69, 9.17) is 0 Å². The Balaban J connectivity index is 1.32. The lowest BCUT2D eigenvalue weighted by atomic mass is 9.99. The number of nitrogens with zero attached hydrogens (tertiary/aromatic N) is 4. The Morgan fingerprint density at radius 3 is 1.38 bits per heavy atom. The molecule has 0 saturated heterocycles. The van der Waals surface area contributed by atoms with E-state index >= 15 is 0 Å². The summed E-state index contributed by atoms with van der Waals surface area (Å²) in [6, 6.07) is 67.0. The van der Waals surface area contributed by atoms with Crippen LogP contribution >= 0.6 is 0 Å². The monoisotopic (exact) mass is 674 g/mol. The predicted molar refractivity (Wildman–Crippen MR) is 220 cm³/mol. The first-order chi connectivity index (χ1) is 26.3. The number of para-hydroxylation sites is 4. The van der Waals surface area contributed by atoms with Crippen LogP contribution in [0.15, 0.2) is 182 Å². The maximum atomic E-state index is 10.1. The molecule has 0 aliphatic rings. The Morgan fingerprint density at radius 1 is 0.358 bits per heavy atom. The molecule has 0 fully saturated rings. The third kappa shape index (κ3) is 4.16. The Morgan fingerprint density at radius 2 is 0.830 bits per heavy atom. The highest BCUT2D eigenvalue weighted by Gasteiger charge is 2.24. The molecule has 0 N–H and O–H groups in total. The molecular weight excluding hydrogens is 645 g/mol. The molecule has 0 unspecified atom stereocenters. The van der Waals surface area contributed by atoms with E-state index in [0.29, 0.717) is 5.56 Å². The van der Waals surface area contributed by atoms with Gasteiger partial charge in [-0.1, -0.05) is 115 Å². The van der Waals surface area contributed by atoms with Crippen molar-refractivity contribution in [1.82, 2.24) is 13.7 Å². The van der Waals surface area contributed by atoms with Crippen LogP contribution in [0.3, 0.4) is 0 Å². The first-order valence-corrected chi connectivity index (χ1v) is 17.9. The van der Waals surface area contributed by atoms with Crippen molar-refractivity contribution in [2.24, 2.45) is 0 Å². The van der Waals surface area contributed by atoms with E-state index in [2.05, 4.69) is 177 Å². The van der Waals surface area contributed by atoms with Crippen LogP contribution in [0.5, 0.6) is 0 Å². The van der Waals surface area contributed by atoms with Crippen LogP contribution in [0.2, 0.25) is 0 Å². The number of rotatable bonds is 4. The van der Waals surface area contributed by atoms with Gasteiger partial charge in [-0.15, -0.1) is 0 Å². The van der Waals surface area contributed by atoms with Gasteiger partial charge < -0.3 is 13.7 Å². The molecule has 0 atom stereocenters. The SMILES string of the molecule is N#Cc1ccc(-n2c3ccccc3c3c2ccc2c4ccc5c(c6ccccc6n5-c5ccccc5)c4n(-c4ccccc4)c23)cc1-c1ccccc1. The van der Waals surface area contributed by atoms with Crippen molar-refractivity contribution in [2.75, 3.05) is 0 Å². The summed E-state index contributed by atoms with van der Waals surface area (Å²) in [4.78, 5) is 0. The minimum absolute atomic E-state index is 0.658. The lowest BCUT2D eigenvalue weighted by Gasteiger charge is -2.12. The summed E-state index contributed by atoms with van der Waals surface area (Å²) in [7, 11) is 0. The molecule has 3 aromatic heterocycles. The zero-order chi connectivity index (χ0) is 35.0. The number of aromatic nitrogens is 3. The minimum atomic E-state index is 0.658. The van der Waals surface area contributed by atoms with Crippen LogP contribution in [-0.2, 0) is 0 Å². The zero-order valence-electron chi connectivity index (χ0n) is 28.6. The Hall–Kier alpha value is -7.35. The summed E-state index contributed by atoms with van der Waals surface area (Å²) in [6.07, 6.45) is 0. The molecule has 0 aliphatic heterocycles. The van der Waals surface area contributed by atoms with Crippen molar-refractivity contribution in [3.05, 3.63) is 188 Å². The smallest absolute Gasteiger partial charge is 0.0998 e. The average molecular weight is 675 g/mol. The zero-order valence-corrected chi connectivity index (χ0v) is 28.6. The molecule has 4 nitrogen and oxygen atoms in total. The molecule has 0 aliphatic carbocycles. The van der Waals surface area contributed by atoms with Gasteiger partial charge in [-0.2, -0.15) is 5.26 Å². The van der Waals surface area contributed by atoms with Gasteiger partial charge >= 0.3 is 0 Å². The van der Waals surface area contributed by atoms with Gasteiger partial charge in [0.1, 0.15) is 0 Å². The summed E-state index contributed by atoms with van der Waals surface area (Å²) in [5.74, 6) is 0. The van der Waals surface area contributed by atoms with Crippen LogP contribution in [-0.4, -0.2) is 13.7 Å². The second-order valence-electron chi connectivity index (χ2n) is 13.6. The largest absolute Gasteiger partial charge is 0.309 e. The van der Waals surface area contributed by atoms with E-state index in [-0.39, 0.29) is 0 Å². The fraction of sp³-hybridized carbons (Fsp3) is 0. The van der Waals surface area contributed by atoms with Crippen LogP contribution in [0.25, 0.3) is 93.6 Å². The van der Waals surface area contributed by atoms with Gasteiger partial charge in [0.15, 0.2) is 0 Å². The normalized spacial score (nSPS) is 11.8. The molecule has 0 spiro atoms. The van der Waals surface area contributed by atoms with Gasteiger partial charge in [0.2, 0.25) is 0 Å². The van der Waals surface area contributed by atoms with Gasteiger partial charge in [0.25, 0.3) is 0 Å². The summed E-state index contributed by atoms with van der Waals surface area (Å²) in [5, 5.41) is 17.4. The predicted octanol–water partition coefficient (Wildman–Crippen LogP) is 12.5. The third-order valence-electron chi connectivity index (χ3n) is 10.9. The first kappa shape index (κ1) is 29.4. The van der Waals surface area contributed by atoms with E-state index in [0.717, 1.165) is 39.2 Å². The van der Waals surface area contributed by atoms with Crippen LogP contribution in [0, 0.1) is 11.3 Å². The van der Waals surface area contributed by atoms with Crippen molar-refractivity contribution in [3.63, 3.8) is 0 Å². The molecule has 0 radical (unpaired) electrons. The number of benzene rings is 8. The van der Waals surface area contributed by atoms with Gasteiger partial charge in [0, 0.05) is 54.9 Å². The molecule has 0 amide bonds. The van der Waals surface area contributed by atoms with Gasteiger partial charge in [0.05, 0.1) is 44.7 Å². The summed E-state index contributed by atoms with van der Waals surface area (Å²) < 4.78 is 7.26. The Kier molecular flexibility index (Phi) is 6.28. The number of nitriles is 1. The second kappa shape index (κ2) is 11.3. The quantitative estimate of drug-likeness (QED) is 0.183. The van der Waals surface area contributed by atoms with E-state index in [9.17, 15) is 5.26 Å². The van der Waals surface area contributed by atoms with E-state index in [1.165, 1.54) is 54.4 Å². The van der Waals surface area contributed by atoms with Gasteiger partial charge in [-0.05, 0) is 72.3 Å². The highest BCUT2D eigenvalue weighted by atomic mass is 15.0. The third-order valence-corrected chi connectivity index (χ3v) is 10.9. The maximum absolute atomic E-state index is 10.1. The fourth-order valence-electron chi connectivity index (χ4n) is 8.69.